The van der Waals surface area contributed by atoms with Crippen molar-refractivity contribution in [1.82, 2.24) is 10.1 Å². The van der Waals surface area contributed by atoms with Crippen LogP contribution in [-0.4, -0.2) is 23.9 Å². The molecule has 0 spiro atoms. The Morgan fingerprint density at radius 2 is 2.32 bits per heavy atom. The van der Waals surface area contributed by atoms with Gasteiger partial charge in [0.05, 0.1) is 12.7 Å². The standard InChI is InChI=1S/C13H13ClN2O3/c1-3-7-18-12-9(5-4-6-10(12)17-2)13-15-11(8-14)19-16-13/h3-6H,1,7-8H2,2H3. The summed E-state index contributed by atoms with van der Waals surface area (Å²) in [6.07, 6.45) is 1.65. The van der Waals surface area contributed by atoms with Crippen molar-refractivity contribution in [3.63, 3.8) is 0 Å². The molecule has 0 saturated carbocycles. The Kier molecular flexibility index (Phi) is 4.41. The zero-order chi connectivity index (χ0) is 13.7. The van der Waals surface area contributed by atoms with Crippen molar-refractivity contribution in [3.05, 3.63) is 36.7 Å². The molecular weight excluding hydrogens is 268 g/mol. The van der Waals surface area contributed by atoms with Gasteiger partial charge in [-0.25, -0.2) is 0 Å². The highest BCUT2D eigenvalue weighted by atomic mass is 35.5. The summed E-state index contributed by atoms with van der Waals surface area (Å²) in [5.74, 6) is 2.07. The molecule has 1 heterocycles. The summed E-state index contributed by atoms with van der Waals surface area (Å²) >= 11 is 5.64. The molecule has 0 fully saturated rings. The number of methoxy groups -OCH3 is 1. The van der Waals surface area contributed by atoms with Gasteiger partial charge in [-0.3, -0.25) is 0 Å². The van der Waals surface area contributed by atoms with E-state index in [4.69, 9.17) is 25.6 Å². The SMILES string of the molecule is C=CCOc1c(OC)cccc1-c1noc(CCl)n1. The van der Waals surface area contributed by atoms with E-state index in [-0.39, 0.29) is 5.88 Å². The Morgan fingerprint density at radius 3 is 2.95 bits per heavy atom. The number of benzene rings is 1. The summed E-state index contributed by atoms with van der Waals surface area (Å²) in [6.45, 7) is 3.97. The quantitative estimate of drug-likeness (QED) is 0.601. The van der Waals surface area contributed by atoms with Gasteiger partial charge in [0, 0.05) is 0 Å². The lowest BCUT2D eigenvalue weighted by atomic mass is 10.1. The maximum Gasteiger partial charge on any atom is 0.241 e. The van der Waals surface area contributed by atoms with Crippen molar-refractivity contribution in [2.45, 2.75) is 5.88 Å². The van der Waals surface area contributed by atoms with Gasteiger partial charge in [0.2, 0.25) is 11.7 Å². The van der Waals surface area contributed by atoms with Crippen LogP contribution in [0.3, 0.4) is 0 Å². The molecule has 0 saturated heterocycles. The Balaban J connectivity index is 2.45. The molecule has 0 aliphatic carbocycles. The van der Waals surface area contributed by atoms with Gasteiger partial charge in [0.15, 0.2) is 11.5 Å². The van der Waals surface area contributed by atoms with Crippen LogP contribution in [0.2, 0.25) is 0 Å². The second-order valence-electron chi connectivity index (χ2n) is 3.58. The molecule has 6 heteroatoms. The highest BCUT2D eigenvalue weighted by Gasteiger charge is 2.16. The normalized spacial score (nSPS) is 10.2. The fourth-order valence-electron chi connectivity index (χ4n) is 1.56. The second-order valence-corrected chi connectivity index (χ2v) is 3.85. The molecule has 0 unspecified atom stereocenters. The molecule has 100 valence electrons. The summed E-state index contributed by atoms with van der Waals surface area (Å²) in [4.78, 5) is 4.17. The predicted octanol–water partition coefficient (Wildman–Crippen LogP) is 3.05. The fraction of sp³-hybridized carbons (Fsp3) is 0.231. The van der Waals surface area contributed by atoms with E-state index in [1.807, 2.05) is 12.1 Å². The number of halogens is 1. The van der Waals surface area contributed by atoms with Crippen LogP contribution >= 0.6 is 11.6 Å². The zero-order valence-electron chi connectivity index (χ0n) is 10.4. The Labute approximate surface area is 115 Å². The topological polar surface area (TPSA) is 57.4 Å². The number of para-hydroxylation sites is 1. The van der Waals surface area contributed by atoms with Crippen molar-refractivity contribution in [2.75, 3.05) is 13.7 Å². The van der Waals surface area contributed by atoms with Crippen molar-refractivity contribution < 1.29 is 14.0 Å². The molecule has 0 aliphatic heterocycles. The summed E-state index contributed by atoms with van der Waals surface area (Å²) in [5.41, 5.74) is 0.682. The number of aromatic nitrogens is 2. The maximum absolute atomic E-state index is 5.64. The van der Waals surface area contributed by atoms with E-state index in [2.05, 4.69) is 16.7 Å². The second kappa shape index (κ2) is 6.24. The number of hydrogen-bond donors (Lipinski definition) is 0. The molecule has 5 nitrogen and oxygen atoms in total. The number of nitrogens with zero attached hydrogens (tertiary/aromatic N) is 2. The van der Waals surface area contributed by atoms with Crippen LogP contribution in [-0.2, 0) is 5.88 Å². The lowest BCUT2D eigenvalue weighted by Gasteiger charge is -2.11. The summed E-state index contributed by atoms with van der Waals surface area (Å²) in [7, 11) is 1.57. The number of hydrogen-bond acceptors (Lipinski definition) is 5. The molecule has 0 radical (unpaired) electrons. The van der Waals surface area contributed by atoms with Crippen LogP contribution in [0.25, 0.3) is 11.4 Å². The van der Waals surface area contributed by atoms with E-state index in [1.54, 1.807) is 19.3 Å². The minimum atomic E-state index is 0.166. The Hall–Kier alpha value is -2.01. The fourth-order valence-corrected chi connectivity index (χ4v) is 1.67. The van der Waals surface area contributed by atoms with Gasteiger partial charge in [-0.2, -0.15) is 4.98 Å². The first-order valence-electron chi connectivity index (χ1n) is 5.59. The molecule has 2 rings (SSSR count). The van der Waals surface area contributed by atoms with Crippen LogP contribution in [0.4, 0.5) is 0 Å². The molecule has 1 aromatic heterocycles. The summed E-state index contributed by atoms with van der Waals surface area (Å²) in [5, 5.41) is 3.87. The Bertz CT molecular complexity index is 569. The predicted molar refractivity (Wildman–Crippen MR) is 71.5 cm³/mol. The largest absolute Gasteiger partial charge is 0.493 e. The molecule has 0 amide bonds. The monoisotopic (exact) mass is 280 g/mol. The van der Waals surface area contributed by atoms with E-state index >= 15 is 0 Å². The molecule has 19 heavy (non-hydrogen) atoms. The first-order valence-corrected chi connectivity index (χ1v) is 6.13. The molecule has 0 atom stereocenters. The lowest BCUT2D eigenvalue weighted by Crippen LogP contribution is -1.99. The van der Waals surface area contributed by atoms with Crippen molar-refractivity contribution in [1.29, 1.82) is 0 Å². The van der Waals surface area contributed by atoms with Crippen LogP contribution < -0.4 is 9.47 Å². The highest BCUT2D eigenvalue weighted by Crippen LogP contribution is 2.36. The Morgan fingerprint density at radius 1 is 1.47 bits per heavy atom. The molecule has 2 aromatic rings. The highest BCUT2D eigenvalue weighted by molar-refractivity contribution is 6.16. The van der Waals surface area contributed by atoms with Gasteiger partial charge >= 0.3 is 0 Å². The average molecular weight is 281 g/mol. The van der Waals surface area contributed by atoms with Crippen LogP contribution in [0.1, 0.15) is 5.89 Å². The lowest BCUT2D eigenvalue weighted by molar-refractivity contribution is 0.327. The van der Waals surface area contributed by atoms with Crippen molar-refractivity contribution in [3.8, 4) is 22.9 Å². The third-order valence-corrected chi connectivity index (χ3v) is 2.60. The van der Waals surface area contributed by atoms with E-state index in [0.29, 0.717) is 35.4 Å². The third-order valence-electron chi connectivity index (χ3n) is 2.37. The minimum absolute atomic E-state index is 0.166. The molecular formula is C13H13ClN2O3. The van der Waals surface area contributed by atoms with E-state index in [1.165, 1.54) is 0 Å². The molecule has 0 bridgehead atoms. The van der Waals surface area contributed by atoms with Gasteiger partial charge in [-0.1, -0.05) is 23.9 Å². The van der Waals surface area contributed by atoms with Crippen LogP contribution in [0, 0.1) is 0 Å². The first-order chi connectivity index (χ1) is 9.30. The van der Waals surface area contributed by atoms with Crippen molar-refractivity contribution in [2.24, 2.45) is 0 Å². The molecule has 1 aromatic carbocycles. The number of rotatable bonds is 6. The van der Waals surface area contributed by atoms with E-state index < -0.39 is 0 Å². The van der Waals surface area contributed by atoms with E-state index in [9.17, 15) is 0 Å². The minimum Gasteiger partial charge on any atom is -0.493 e. The molecule has 0 aliphatic rings. The molecule has 0 N–H and O–H groups in total. The smallest absolute Gasteiger partial charge is 0.241 e. The first kappa shape index (κ1) is 13.4. The summed E-state index contributed by atoms with van der Waals surface area (Å²) in [6, 6.07) is 5.44. The van der Waals surface area contributed by atoms with Gasteiger partial charge < -0.3 is 14.0 Å². The van der Waals surface area contributed by atoms with Crippen LogP contribution in [0.5, 0.6) is 11.5 Å². The van der Waals surface area contributed by atoms with Crippen LogP contribution in [0.15, 0.2) is 35.4 Å². The number of ether oxygens (including phenoxy) is 2. The average Bonchev–Trinajstić information content (AvgIpc) is 2.93. The van der Waals surface area contributed by atoms with Crippen molar-refractivity contribution >= 4 is 11.6 Å². The summed E-state index contributed by atoms with van der Waals surface area (Å²) < 4.78 is 15.9. The maximum atomic E-state index is 5.64. The number of alkyl halides is 1. The van der Waals surface area contributed by atoms with Gasteiger partial charge in [0.1, 0.15) is 12.5 Å². The van der Waals surface area contributed by atoms with Gasteiger partial charge in [0.25, 0.3) is 0 Å². The van der Waals surface area contributed by atoms with Gasteiger partial charge in [-0.05, 0) is 12.1 Å². The van der Waals surface area contributed by atoms with E-state index in [0.717, 1.165) is 0 Å². The zero-order valence-corrected chi connectivity index (χ0v) is 11.2. The van der Waals surface area contributed by atoms with Gasteiger partial charge in [-0.15, -0.1) is 11.6 Å². The third kappa shape index (κ3) is 2.88.